The van der Waals surface area contributed by atoms with Gasteiger partial charge in [-0.05, 0) is 13.8 Å². The van der Waals surface area contributed by atoms with Crippen molar-refractivity contribution in [1.29, 1.82) is 0 Å². The Kier molecular flexibility index (Phi) is 5.40. The highest BCUT2D eigenvalue weighted by molar-refractivity contribution is 7.90. The maximum atomic E-state index is 11.1. The Hall–Kier alpha value is -0.880. The third kappa shape index (κ3) is 6.62. The lowest BCUT2D eigenvalue weighted by Gasteiger charge is -2.08. The Labute approximate surface area is 84.2 Å². The molecule has 0 aliphatic carbocycles. The van der Waals surface area contributed by atoms with Gasteiger partial charge >= 0.3 is 5.97 Å². The van der Waals surface area contributed by atoms with Gasteiger partial charge in [0.15, 0.2) is 5.75 Å². The molecule has 0 aromatic rings. The predicted molar refractivity (Wildman–Crippen MR) is 53.2 cm³/mol. The van der Waals surface area contributed by atoms with Crippen molar-refractivity contribution in [3.63, 3.8) is 0 Å². The molecule has 0 aliphatic rings. The van der Waals surface area contributed by atoms with Crippen molar-refractivity contribution in [2.24, 2.45) is 0 Å². The SMILES string of the molecule is C=CCNS(=O)(=O)CC(=O)OC(C)C. The smallest absolute Gasteiger partial charge is 0.322 e. The maximum Gasteiger partial charge on any atom is 0.322 e. The molecular weight excluding hydrogens is 206 g/mol. The molecule has 0 heterocycles. The summed E-state index contributed by atoms with van der Waals surface area (Å²) in [5.41, 5.74) is 0. The summed E-state index contributed by atoms with van der Waals surface area (Å²) in [6.45, 7) is 6.77. The van der Waals surface area contributed by atoms with Crippen molar-refractivity contribution < 1.29 is 17.9 Å². The van der Waals surface area contributed by atoms with Crippen LogP contribution in [0.25, 0.3) is 0 Å². The molecule has 0 bridgehead atoms. The van der Waals surface area contributed by atoms with E-state index in [-0.39, 0.29) is 12.6 Å². The molecule has 0 amide bonds. The van der Waals surface area contributed by atoms with Gasteiger partial charge in [0.1, 0.15) is 0 Å². The van der Waals surface area contributed by atoms with Gasteiger partial charge in [-0.2, -0.15) is 0 Å². The van der Waals surface area contributed by atoms with Gasteiger partial charge in [-0.1, -0.05) is 6.08 Å². The zero-order valence-electron chi connectivity index (χ0n) is 8.32. The van der Waals surface area contributed by atoms with Crippen LogP contribution < -0.4 is 4.72 Å². The van der Waals surface area contributed by atoms with E-state index in [9.17, 15) is 13.2 Å². The number of carbonyl (C=O) groups is 1. The van der Waals surface area contributed by atoms with Crippen LogP contribution in [-0.4, -0.2) is 32.8 Å². The lowest BCUT2D eigenvalue weighted by Crippen LogP contribution is -2.31. The number of rotatable bonds is 6. The summed E-state index contributed by atoms with van der Waals surface area (Å²) in [6.07, 6.45) is 1.09. The van der Waals surface area contributed by atoms with Crippen LogP contribution in [0, 0.1) is 0 Å². The molecule has 14 heavy (non-hydrogen) atoms. The van der Waals surface area contributed by atoms with Crippen LogP contribution >= 0.6 is 0 Å². The topological polar surface area (TPSA) is 72.5 Å². The van der Waals surface area contributed by atoms with E-state index in [2.05, 4.69) is 16.0 Å². The fraction of sp³-hybridized carbons (Fsp3) is 0.625. The summed E-state index contributed by atoms with van der Waals surface area (Å²) in [5.74, 6) is -1.41. The van der Waals surface area contributed by atoms with E-state index >= 15 is 0 Å². The summed E-state index contributed by atoms with van der Waals surface area (Å²) < 4.78 is 29.1. The van der Waals surface area contributed by atoms with Crippen molar-refractivity contribution in [1.82, 2.24) is 4.72 Å². The first-order valence-corrected chi connectivity index (χ1v) is 5.80. The van der Waals surface area contributed by atoms with E-state index in [1.54, 1.807) is 13.8 Å². The monoisotopic (exact) mass is 221 g/mol. The second-order valence-electron chi connectivity index (χ2n) is 2.93. The second-order valence-corrected chi connectivity index (χ2v) is 4.74. The van der Waals surface area contributed by atoms with Crippen molar-refractivity contribution in [3.05, 3.63) is 12.7 Å². The Balaban J connectivity index is 4.09. The number of esters is 1. The standard InChI is InChI=1S/C8H15NO4S/c1-4-5-9-14(11,12)6-8(10)13-7(2)3/h4,7,9H,1,5-6H2,2-3H3. The van der Waals surface area contributed by atoms with Crippen molar-refractivity contribution in [3.8, 4) is 0 Å². The average Bonchev–Trinajstić information content (AvgIpc) is 1.98. The molecular formula is C8H15NO4S. The minimum Gasteiger partial charge on any atom is -0.462 e. The molecule has 0 spiro atoms. The summed E-state index contributed by atoms with van der Waals surface area (Å²) >= 11 is 0. The molecule has 0 saturated heterocycles. The van der Waals surface area contributed by atoms with Crippen LogP contribution in [-0.2, 0) is 19.6 Å². The van der Waals surface area contributed by atoms with Crippen LogP contribution in [0.15, 0.2) is 12.7 Å². The molecule has 6 heteroatoms. The number of carbonyl (C=O) groups excluding carboxylic acids is 1. The van der Waals surface area contributed by atoms with Crippen LogP contribution in [0.4, 0.5) is 0 Å². The first-order chi connectivity index (χ1) is 6.37. The fourth-order valence-electron chi connectivity index (χ4n) is 0.689. The molecule has 0 aromatic carbocycles. The number of nitrogens with one attached hydrogen (secondary N) is 1. The van der Waals surface area contributed by atoms with Crippen LogP contribution in [0.2, 0.25) is 0 Å². The highest BCUT2D eigenvalue weighted by Crippen LogP contribution is 1.92. The van der Waals surface area contributed by atoms with Gasteiger partial charge in [0.2, 0.25) is 10.0 Å². The summed E-state index contributed by atoms with van der Waals surface area (Å²) in [5, 5.41) is 0. The summed E-state index contributed by atoms with van der Waals surface area (Å²) in [7, 11) is -3.58. The normalized spacial score (nSPS) is 11.4. The lowest BCUT2D eigenvalue weighted by atomic mass is 10.5. The van der Waals surface area contributed by atoms with Crippen LogP contribution in [0.1, 0.15) is 13.8 Å². The molecule has 0 fully saturated rings. The zero-order chi connectivity index (χ0) is 11.2. The molecule has 0 rings (SSSR count). The van der Waals surface area contributed by atoms with Gasteiger partial charge in [-0.15, -0.1) is 6.58 Å². The quantitative estimate of drug-likeness (QED) is 0.508. The summed E-state index contributed by atoms with van der Waals surface area (Å²) in [4.78, 5) is 11.0. The third-order valence-electron chi connectivity index (χ3n) is 1.12. The molecule has 0 saturated carbocycles. The molecule has 0 atom stereocenters. The zero-order valence-corrected chi connectivity index (χ0v) is 9.13. The van der Waals surface area contributed by atoms with Crippen LogP contribution in [0.5, 0.6) is 0 Å². The maximum absolute atomic E-state index is 11.1. The summed E-state index contributed by atoms with van der Waals surface area (Å²) in [6, 6.07) is 0. The Morgan fingerprint density at radius 1 is 1.57 bits per heavy atom. The second kappa shape index (κ2) is 5.77. The third-order valence-corrected chi connectivity index (χ3v) is 2.34. The van der Waals surface area contributed by atoms with Crippen molar-refractivity contribution >= 4 is 16.0 Å². The number of hydrogen-bond donors (Lipinski definition) is 1. The van der Waals surface area contributed by atoms with E-state index in [4.69, 9.17) is 0 Å². The minimum absolute atomic E-state index is 0.108. The molecule has 82 valence electrons. The highest BCUT2D eigenvalue weighted by atomic mass is 32.2. The Morgan fingerprint density at radius 3 is 2.57 bits per heavy atom. The van der Waals surface area contributed by atoms with Gasteiger partial charge in [0.25, 0.3) is 0 Å². The van der Waals surface area contributed by atoms with E-state index in [1.165, 1.54) is 6.08 Å². The number of hydrogen-bond acceptors (Lipinski definition) is 4. The fourth-order valence-corrected chi connectivity index (χ4v) is 1.54. The first kappa shape index (κ1) is 13.1. The van der Waals surface area contributed by atoms with E-state index in [0.29, 0.717) is 0 Å². The van der Waals surface area contributed by atoms with Crippen molar-refractivity contribution in [2.45, 2.75) is 20.0 Å². The predicted octanol–water partition coefficient (Wildman–Crippen LogP) is 0.0434. The number of ether oxygens (including phenoxy) is 1. The first-order valence-electron chi connectivity index (χ1n) is 4.15. The lowest BCUT2D eigenvalue weighted by molar-refractivity contribution is -0.144. The Bertz CT molecular complexity index is 294. The van der Waals surface area contributed by atoms with E-state index < -0.39 is 21.7 Å². The van der Waals surface area contributed by atoms with Gasteiger partial charge < -0.3 is 4.74 Å². The highest BCUT2D eigenvalue weighted by Gasteiger charge is 2.17. The molecule has 0 unspecified atom stereocenters. The van der Waals surface area contributed by atoms with Crippen LogP contribution in [0.3, 0.4) is 0 Å². The van der Waals surface area contributed by atoms with Gasteiger partial charge in [-0.25, -0.2) is 13.1 Å². The van der Waals surface area contributed by atoms with E-state index in [0.717, 1.165) is 0 Å². The Morgan fingerprint density at radius 2 is 2.14 bits per heavy atom. The minimum atomic E-state index is -3.58. The molecule has 0 aromatic heterocycles. The van der Waals surface area contributed by atoms with Gasteiger partial charge in [-0.3, -0.25) is 4.79 Å². The molecule has 5 nitrogen and oxygen atoms in total. The van der Waals surface area contributed by atoms with E-state index in [1.807, 2.05) is 0 Å². The van der Waals surface area contributed by atoms with Gasteiger partial charge in [0, 0.05) is 6.54 Å². The average molecular weight is 221 g/mol. The largest absolute Gasteiger partial charge is 0.462 e. The number of sulfonamides is 1. The van der Waals surface area contributed by atoms with Crippen molar-refractivity contribution in [2.75, 3.05) is 12.3 Å². The molecule has 0 aliphatic heterocycles. The molecule has 1 N–H and O–H groups in total. The van der Waals surface area contributed by atoms with Gasteiger partial charge in [0.05, 0.1) is 6.10 Å². The molecule has 0 radical (unpaired) electrons.